The van der Waals surface area contributed by atoms with Crippen molar-refractivity contribution in [2.45, 2.75) is 13.0 Å². The lowest BCUT2D eigenvalue weighted by atomic mass is 10.0. The molecule has 2 aliphatic rings. The van der Waals surface area contributed by atoms with Crippen LogP contribution in [0.4, 0.5) is 5.69 Å². The number of halogens is 1. The Labute approximate surface area is 148 Å². The molecule has 1 N–H and O–H groups in total. The highest BCUT2D eigenvalue weighted by atomic mass is 35.5. The molecule has 6 nitrogen and oxygen atoms in total. The Bertz CT molecular complexity index is 895. The number of rotatable bonds is 3. The highest BCUT2D eigenvalue weighted by Crippen LogP contribution is 2.38. The van der Waals surface area contributed by atoms with Crippen LogP contribution in [0.3, 0.4) is 0 Å². The van der Waals surface area contributed by atoms with E-state index in [9.17, 15) is 14.7 Å². The van der Waals surface area contributed by atoms with Gasteiger partial charge in [0.05, 0.1) is 13.0 Å². The molecule has 0 saturated carbocycles. The number of carbonyl (C=O) groups is 2. The number of nitrogens with zero attached hydrogens (tertiary/aromatic N) is 1. The summed E-state index contributed by atoms with van der Waals surface area (Å²) < 4.78 is 11.0. The number of benzene rings is 2. The molecular weight excluding hydrogens is 346 g/mol. The zero-order valence-electron chi connectivity index (χ0n) is 13.1. The molecule has 2 aliphatic heterocycles. The summed E-state index contributed by atoms with van der Waals surface area (Å²) in [5, 5.41) is 10.2. The van der Waals surface area contributed by atoms with Gasteiger partial charge < -0.3 is 19.5 Å². The average Bonchev–Trinajstić information content (AvgIpc) is 2.89. The molecule has 0 bridgehead atoms. The SMILES string of the molecule is O=C(O)c1c(CN2C(=O)Cc3cc(Cl)ccc32)ccc2c1OCCO2. The van der Waals surface area contributed by atoms with Crippen molar-refractivity contribution in [2.24, 2.45) is 0 Å². The van der Waals surface area contributed by atoms with E-state index in [4.69, 9.17) is 21.1 Å². The first kappa shape index (κ1) is 15.8. The van der Waals surface area contributed by atoms with Crippen LogP contribution in [0.5, 0.6) is 11.5 Å². The Kier molecular flexibility index (Phi) is 3.77. The number of carboxylic acid groups (broad SMARTS) is 1. The van der Waals surface area contributed by atoms with E-state index in [0.29, 0.717) is 29.5 Å². The summed E-state index contributed by atoms with van der Waals surface area (Å²) in [4.78, 5) is 25.8. The van der Waals surface area contributed by atoms with Gasteiger partial charge >= 0.3 is 5.97 Å². The van der Waals surface area contributed by atoms with Crippen molar-refractivity contribution in [3.63, 3.8) is 0 Å². The van der Waals surface area contributed by atoms with E-state index in [1.54, 1.807) is 35.2 Å². The van der Waals surface area contributed by atoms with Gasteiger partial charge in [-0.1, -0.05) is 17.7 Å². The Morgan fingerprint density at radius 2 is 2.00 bits per heavy atom. The van der Waals surface area contributed by atoms with Gasteiger partial charge in [0.25, 0.3) is 0 Å². The monoisotopic (exact) mass is 359 g/mol. The van der Waals surface area contributed by atoms with E-state index in [2.05, 4.69) is 0 Å². The third-order valence-corrected chi connectivity index (χ3v) is 4.55. The number of fused-ring (bicyclic) bond motifs is 2. The maximum atomic E-state index is 12.4. The van der Waals surface area contributed by atoms with Gasteiger partial charge in [0.15, 0.2) is 11.5 Å². The van der Waals surface area contributed by atoms with Crippen LogP contribution in [0.25, 0.3) is 0 Å². The van der Waals surface area contributed by atoms with Crippen molar-refractivity contribution in [3.8, 4) is 11.5 Å². The number of ether oxygens (including phenoxy) is 2. The van der Waals surface area contributed by atoms with Crippen molar-refractivity contribution in [1.29, 1.82) is 0 Å². The minimum Gasteiger partial charge on any atom is -0.486 e. The maximum absolute atomic E-state index is 12.4. The van der Waals surface area contributed by atoms with E-state index >= 15 is 0 Å². The first-order chi connectivity index (χ1) is 12.0. The molecule has 0 radical (unpaired) electrons. The largest absolute Gasteiger partial charge is 0.486 e. The normalized spacial score (nSPS) is 15.2. The van der Waals surface area contributed by atoms with Crippen molar-refractivity contribution >= 4 is 29.2 Å². The van der Waals surface area contributed by atoms with Crippen LogP contribution >= 0.6 is 11.6 Å². The molecule has 7 heteroatoms. The van der Waals surface area contributed by atoms with Crippen LogP contribution in [-0.2, 0) is 17.8 Å². The van der Waals surface area contributed by atoms with Gasteiger partial charge in [-0.05, 0) is 35.4 Å². The summed E-state index contributed by atoms with van der Waals surface area (Å²) in [5.74, 6) is -0.574. The molecule has 0 aromatic heterocycles. The Hall–Kier alpha value is -2.73. The fourth-order valence-electron chi connectivity index (χ4n) is 3.22. The zero-order chi connectivity index (χ0) is 17.6. The van der Waals surface area contributed by atoms with Gasteiger partial charge in [-0.2, -0.15) is 0 Å². The van der Waals surface area contributed by atoms with Crippen LogP contribution in [0.15, 0.2) is 30.3 Å². The first-order valence-corrected chi connectivity index (χ1v) is 8.16. The molecule has 0 spiro atoms. The zero-order valence-corrected chi connectivity index (χ0v) is 13.9. The molecule has 2 heterocycles. The quantitative estimate of drug-likeness (QED) is 0.911. The number of carbonyl (C=O) groups excluding carboxylic acids is 1. The molecule has 2 aromatic rings. The minimum atomic E-state index is -1.11. The summed E-state index contributed by atoms with van der Waals surface area (Å²) in [6.07, 6.45) is 0.253. The topological polar surface area (TPSA) is 76.1 Å². The fraction of sp³-hybridized carbons (Fsp3) is 0.222. The van der Waals surface area contributed by atoms with Crippen LogP contribution in [0.2, 0.25) is 5.02 Å². The molecule has 25 heavy (non-hydrogen) atoms. The number of aromatic carboxylic acids is 1. The second-order valence-corrected chi connectivity index (χ2v) is 6.30. The van der Waals surface area contributed by atoms with Crippen molar-refractivity contribution < 1.29 is 24.2 Å². The molecule has 0 saturated heterocycles. The molecule has 128 valence electrons. The number of anilines is 1. The molecule has 0 unspecified atom stereocenters. The molecule has 0 aliphatic carbocycles. The molecule has 0 atom stereocenters. The van der Waals surface area contributed by atoms with Crippen molar-refractivity contribution in [3.05, 3.63) is 52.0 Å². The van der Waals surface area contributed by atoms with Gasteiger partial charge in [0.2, 0.25) is 5.91 Å². The lowest BCUT2D eigenvalue weighted by molar-refractivity contribution is -0.117. The highest BCUT2D eigenvalue weighted by Gasteiger charge is 2.30. The Morgan fingerprint density at radius 1 is 1.20 bits per heavy atom. The predicted octanol–water partition coefficient (Wildman–Crippen LogP) is 2.90. The lowest BCUT2D eigenvalue weighted by Crippen LogP contribution is -2.27. The van der Waals surface area contributed by atoms with E-state index in [1.165, 1.54) is 0 Å². The van der Waals surface area contributed by atoms with E-state index in [1.807, 2.05) is 0 Å². The van der Waals surface area contributed by atoms with E-state index < -0.39 is 5.97 Å². The predicted molar refractivity (Wildman–Crippen MR) is 90.7 cm³/mol. The smallest absolute Gasteiger partial charge is 0.339 e. The van der Waals surface area contributed by atoms with Gasteiger partial charge in [-0.3, -0.25) is 4.79 Å². The van der Waals surface area contributed by atoms with Crippen LogP contribution < -0.4 is 14.4 Å². The van der Waals surface area contributed by atoms with Gasteiger partial charge in [-0.15, -0.1) is 0 Å². The summed E-state index contributed by atoms with van der Waals surface area (Å²) in [5.41, 5.74) is 2.12. The summed E-state index contributed by atoms with van der Waals surface area (Å²) >= 11 is 5.99. The number of hydrogen-bond acceptors (Lipinski definition) is 4. The summed E-state index contributed by atoms with van der Waals surface area (Å²) in [6, 6.07) is 8.60. The van der Waals surface area contributed by atoms with E-state index in [-0.39, 0.29) is 30.2 Å². The van der Waals surface area contributed by atoms with Crippen LogP contribution in [0, 0.1) is 0 Å². The highest BCUT2D eigenvalue weighted by molar-refractivity contribution is 6.30. The lowest BCUT2D eigenvalue weighted by Gasteiger charge is -2.24. The number of amides is 1. The molecule has 1 amide bonds. The molecule has 2 aromatic carbocycles. The molecule has 4 rings (SSSR count). The van der Waals surface area contributed by atoms with E-state index in [0.717, 1.165) is 11.3 Å². The third kappa shape index (κ3) is 2.68. The van der Waals surface area contributed by atoms with Gasteiger partial charge in [-0.25, -0.2) is 4.79 Å². The third-order valence-electron chi connectivity index (χ3n) is 4.31. The van der Waals surface area contributed by atoms with Crippen molar-refractivity contribution in [2.75, 3.05) is 18.1 Å². The minimum absolute atomic E-state index is 0.0346. The second kappa shape index (κ2) is 5.97. The Balaban J connectivity index is 1.75. The van der Waals surface area contributed by atoms with Crippen molar-refractivity contribution in [1.82, 2.24) is 0 Å². The summed E-state index contributed by atoms with van der Waals surface area (Å²) in [7, 11) is 0. The van der Waals surface area contributed by atoms with Crippen LogP contribution in [0.1, 0.15) is 21.5 Å². The summed E-state index contributed by atoms with van der Waals surface area (Å²) in [6.45, 7) is 0.816. The van der Waals surface area contributed by atoms with Crippen LogP contribution in [-0.4, -0.2) is 30.2 Å². The Morgan fingerprint density at radius 3 is 2.80 bits per heavy atom. The standard InChI is InChI=1S/C18H14ClNO5/c19-12-2-3-13-11(7-12)8-15(21)20(13)9-10-1-4-14-17(16(10)18(22)23)25-6-5-24-14/h1-4,7H,5-6,8-9H2,(H,22,23). The van der Waals surface area contributed by atoms with Gasteiger partial charge in [0.1, 0.15) is 18.8 Å². The number of carboxylic acids is 1. The average molecular weight is 360 g/mol. The molecule has 0 fully saturated rings. The molecular formula is C18H14ClNO5. The van der Waals surface area contributed by atoms with Gasteiger partial charge in [0, 0.05) is 10.7 Å². The first-order valence-electron chi connectivity index (χ1n) is 7.78. The second-order valence-electron chi connectivity index (χ2n) is 5.86. The number of hydrogen-bond donors (Lipinski definition) is 1. The maximum Gasteiger partial charge on any atom is 0.339 e. The fourth-order valence-corrected chi connectivity index (χ4v) is 3.41.